The molecule has 3 N–H and O–H groups in total. The number of nitrogens with one attached hydrogen (secondary N) is 1. The first-order valence-electron chi connectivity index (χ1n) is 4.26. The van der Waals surface area contributed by atoms with Crippen LogP contribution in [0.25, 0.3) is 0 Å². The maximum Gasteiger partial charge on any atom is 0.273 e. The number of methoxy groups -OCH3 is 1. The Morgan fingerprint density at radius 1 is 1.54 bits per heavy atom. The van der Waals surface area contributed by atoms with Crippen LogP contribution in [0.4, 0.5) is 0 Å². The molecule has 0 spiro atoms. The van der Waals surface area contributed by atoms with Gasteiger partial charge in [-0.25, -0.2) is 5.48 Å². The molecule has 1 unspecified atom stereocenters. The average Bonchev–Trinajstić information content (AvgIpc) is 2.05. The summed E-state index contributed by atoms with van der Waals surface area (Å²) in [6, 6.07) is 0. The molecule has 0 aliphatic heterocycles. The third-order valence-electron chi connectivity index (χ3n) is 1.38. The number of ether oxygens (including phenoxy) is 1. The third kappa shape index (κ3) is 5.57. The molecule has 5 heteroatoms. The Kier molecular flexibility index (Phi) is 6.48. The van der Waals surface area contributed by atoms with Gasteiger partial charge in [-0.15, -0.1) is 0 Å². The lowest BCUT2D eigenvalue weighted by Crippen LogP contribution is -2.40. The van der Waals surface area contributed by atoms with Crippen LogP contribution in [0.2, 0.25) is 0 Å². The largest absolute Gasteiger partial charge is 0.370 e. The second-order valence-electron chi connectivity index (χ2n) is 3.13. The molecule has 5 nitrogen and oxygen atoms in total. The van der Waals surface area contributed by atoms with E-state index in [1.54, 1.807) is 0 Å². The van der Waals surface area contributed by atoms with Crippen LogP contribution in [0.1, 0.15) is 13.8 Å². The van der Waals surface area contributed by atoms with Crippen LogP contribution in [0, 0.1) is 5.92 Å². The van der Waals surface area contributed by atoms with Crippen molar-refractivity contribution >= 4 is 5.91 Å². The van der Waals surface area contributed by atoms with Crippen LogP contribution in [-0.2, 0) is 14.4 Å². The number of hydroxylamine groups is 1. The Bertz CT molecular complexity index is 146. The minimum absolute atomic E-state index is 0.146. The van der Waals surface area contributed by atoms with E-state index >= 15 is 0 Å². The van der Waals surface area contributed by atoms with Gasteiger partial charge in [-0.3, -0.25) is 9.63 Å². The van der Waals surface area contributed by atoms with Crippen molar-refractivity contribution in [3.63, 3.8) is 0 Å². The second kappa shape index (κ2) is 6.82. The zero-order valence-electron chi connectivity index (χ0n) is 8.37. The normalized spacial score (nSPS) is 13.0. The predicted molar refractivity (Wildman–Crippen MR) is 48.8 cm³/mol. The summed E-state index contributed by atoms with van der Waals surface area (Å²) in [4.78, 5) is 16.1. The van der Waals surface area contributed by atoms with E-state index in [2.05, 4.69) is 5.48 Å². The number of hydrogen-bond donors (Lipinski definition) is 2. The van der Waals surface area contributed by atoms with Gasteiger partial charge < -0.3 is 10.5 Å². The van der Waals surface area contributed by atoms with Gasteiger partial charge in [0.1, 0.15) is 6.10 Å². The van der Waals surface area contributed by atoms with E-state index < -0.39 is 6.10 Å². The Labute approximate surface area is 78.5 Å². The molecule has 1 amide bonds. The van der Waals surface area contributed by atoms with E-state index in [9.17, 15) is 4.79 Å². The fourth-order valence-electron chi connectivity index (χ4n) is 0.655. The molecule has 0 fully saturated rings. The molecule has 0 aliphatic carbocycles. The molecule has 78 valence electrons. The lowest BCUT2D eigenvalue weighted by Gasteiger charge is -2.13. The van der Waals surface area contributed by atoms with Crippen LogP contribution in [0.15, 0.2) is 0 Å². The van der Waals surface area contributed by atoms with Crippen LogP contribution in [0.3, 0.4) is 0 Å². The summed E-state index contributed by atoms with van der Waals surface area (Å²) in [5, 5.41) is 0. The van der Waals surface area contributed by atoms with Crippen molar-refractivity contribution in [1.29, 1.82) is 0 Å². The van der Waals surface area contributed by atoms with Gasteiger partial charge in [0.05, 0.1) is 6.61 Å². The van der Waals surface area contributed by atoms with Crippen LogP contribution >= 0.6 is 0 Å². The van der Waals surface area contributed by atoms with E-state index in [0.717, 1.165) is 0 Å². The lowest BCUT2D eigenvalue weighted by molar-refractivity contribution is -0.144. The Morgan fingerprint density at radius 2 is 2.15 bits per heavy atom. The molecule has 0 rings (SSSR count). The first kappa shape index (κ1) is 12.3. The van der Waals surface area contributed by atoms with Crippen molar-refractivity contribution in [3.05, 3.63) is 0 Å². The summed E-state index contributed by atoms with van der Waals surface area (Å²) in [6.45, 7) is 4.60. The summed E-state index contributed by atoms with van der Waals surface area (Å²) >= 11 is 0. The molecule has 0 saturated heterocycles. The van der Waals surface area contributed by atoms with E-state index in [-0.39, 0.29) is 12.5 Å². The quantitative estimate of drug-likeness (QED) is 0.562. The lowest BCUT2D eigenvalue weighted by atomic mass is 10.2. The van der Waals surface area contributed by atoms with Gasteiger partial charge >= 0.3 is 0 Å². The Morgan fingerprint density at radius 3 is 2.54 bits per heavy atom. The van der Waals surface area contributed by atoms with Crippen LogP contribution in [0.5, 0.6) is 0 Å². The minimum Gasteiger partial charge on any atom is -0.370 e. The summed E-state index contributed by atoms with van der Waals surface area (Å²) in [5.41, 5.74) is 7.55. The fraction of sp³-hybridized carbons (Fsp3) is 0.875. The number of amides is 1. The molecule has 0 aromatic rings. The maximum atomic E-state index is 11.1. The zero-order valence-corrected chi connectivity index (χ0v) is 8.37. The standard InChI is InChI=1S/C8H18N2O3/c1-6(2)5-13-10-8(11)7(4-9)12-3/h6-7H,4-5,9H2,1-3H3,(H,10,11). The van der Waals surface area contributed by atoms with Crippen molar-refractivity contribution < 1.29 is 14.4 Å². The Hall–Kier alpha value is -0.650. The van der Waals surface area contributed by atoms with Crippen molar-refractivity contribution in [2.24, 2.45) is 11.7 Å². The number of hydrogen-bond acceptors (Lipinski definition) is 4. The highest BCUT2D eigenvalue weighted by molar-refractivity contribution is 5.79. The molecular weight excluding hydrogens is 172 g/mol. The number of carbonyl (C=O) groups is 1. The van der Waals surface area contributed by atoms with Crippen molar-refractivity contribution in [2.45, 2.75) is 20.0 Å². The Balaban J connectivity index is 3.60. The third-order valence-corrected chi connectivity index (χ3v) is 1.38. The average molecular weight is 190 g/mol. The van der Waals surface area contributed by atoms with Gasteiger partial charge in [0.15, 0.2) is 0 Å². The van der Waals surface area contributed by atoms with Crippen LogP contribution in [-0.4, -0.2) is 32.3 Å². The number of rotatable bonds is 6. The highest BCUT2D eigenvalue weighted by atomic mass is 16.7. The highest BCUT2D eigenvalue weighted by Gasteiger charge is 2.15. The van der Waals surface area contributed by atoms with Gasteiger partial charge in [-0.1, -0.05) is 13.8 Å². The topological polar surface area (TPSA) is 73.6 Å². The van der Waals surface area contributed by atoms with Crippen molar-refractivity contribution in [3.8, 4) is 0 Å². The number of nitrogens with two attached hydrogens (primary N) is 1. The molecule has 0 bridgehead atoms. The smallest absolute Gasteiger partial charge is 0.273 e. The zero-order chi connectivity index (χ0) is 10.3. The van der Waals surface area contributed by atoms with Gasteiger partial charge in [0.25, 0.3) is 5.91 Å². The van der Waals surface area contributed by atoms with Gasteiger partial charge in [-0.2, -0.15) is 0 Å². The van der Waals surface area contributed by atoms with E-state index in [4.69, 9.17) is 15.3 Å². The molecule has 0 heterocycles. The summed E-state index contributed by atoms with van der Waals surface area (Å²) in [5.74, 6) is 0.0322. The summed E-state index contributed by atoms with van der Waals surface area (Å²) in [7, 11) is 1.43. The maximum absolute atomic E-state index is 11.1. The van der Waals surface area contributed by atoms with Crippen molar-refractivity contribution in [1.82, 2.24) is 5.48 Å². The van der Waals surface area contributed by atoms with Gasteiger partial charge in [-0.05, 0) is 5.92 Å². The van der Waals surface area contributed by atoms with Gasteiger partial charge in [0, 0.05) is 13.7 Å². The molecule has 0 radical (unpaired) electrons. The SMILES string of the molecule is COC(CN)C(=O)NOCC(C)C. The first-order chi connectivity index (χ1) is 6.11. The predicted octanol–water partition coefficient (Wildman–Crippen LogP) is -0.336. The fourth-order valence-corrected chi connectivity index (χ4v) is 0.655. The van der Waals surface area contributed by atoms with Crippen molar-refractivity contribution in [2.75, 3.05) is 20.3 Å². The summed E-state index contributed by atoms with van der Waals surface area (Å²) in [6.07, 6.45) is -0.632. The van der Waals surface area contributed by atoms with Crippen LogP contribution < -0.4 is 11.2 Å². The first-order valence-corrected chi connectivity index (χ1v) is 4.26. The van der Waals surface area contributed by atoms with E-state index in [1.807, 2.05) is 13.8 Å². The molecule has 0 aromatic carbocycles. The number of carbonyl (C=O) groups excluding carboxylic acids is 1. The monoisotopic (exact) mass is 190 g/mol. The minimum atomic E-state index is -0.632. The molecular formula is C8H18N2O3. The molecule has 1 atom stereocenters. The van der Waals surface area contributed by atoms with Gasteiger partial charge in [0.2, 0.25) is 0 Å². The second-order valence-corrected chi connectivity index (χ2v) is 3.13. The molecule has 0 saturated carbocycles. The van der Waals surface area contributed by atoms with E-state index in [0.29, 0.717) is 12.5 Å². The van der Waals surface area contributed by atoms with E-state index in [1.165, 1.54) is 7.11 Å². The highest BCUT2D eigenvalue weighted by Crippen LogP contribution is 1.91. The molecule has 13 heavy (non-hydrogen) atoms. The summed E-state index contributed by atoms with van der Waals surface area (Å²) < 4.78 is 4.80. The molecule has 0 aromatic heterocycles. The molecule has 0 aliphatic rings.